The Kier molecular flexibility index (Phi) is 11.7. The Balaban J connectivity index is 1.88. The average molecular weight is 596 g/mol. The molecule has 3 rings (SSSR count). The number of hydrogen-bond donors (Lipinski definition) is 1. The van der Waals surface area contributed by atoms with Gasteiger partial charge in [-0.25, -0.2) is 12.8 Å². The van der Waals surface area contributed by atoms with Crippen molar-refractivity contribution >= 4 is 27.5 Å². The molecule has 1 atom stereocenters. The third-order valence-corrected chi connectivity index (χ3v) is 8.35. The highest BCUT2D eigenvalue weighted by Crippen LogP contribution is 2.23. The zero-order chi connectivity index (χ0) is 30.9. The number of carbonyl (C=O) groups is 2. The van der Waals surface area contributed by atoms with Crippen LogP contribution in [0.2, 0.25) is 0 Å². The molecule has 3 aromatic rings. The van der Waals surface area contributed by atoms with Crippen molar-refractivity contribution in [2.24, 2.45) is 5.92 Å². The molecule has 0 bridgehead atoms. The fourth-order valence-electron chi connectivity index (χ4n) is 4.65. The van der Waals surface area contributed by atoms with Gasteiger partial charge in [0.1, 0.15) is 11.9 Å². The molecule has 0 aliphatic rings. The molecule has 0 fully saturated rings. The number of halogens is 1. The first-order valence-electron chi connectivity index (χ1n) is 14.3. The molecule has 0 radical (unpaired) electrons. The molecule has 7 nitrogen and oxygen atoms in total. The van der Waals surface area contributed by atoms with Crippen molar-refractivity contribution in [3.8, 4) is 0 Å². The number of nitrogens with zero attached hydrogens (tertiary/aromatic N) is 2. The molecule has 0 saturated carbocycles. The van der Waals surface area contributed by atoms with Gasteiger partial charge in [0.05, 0.1) is 11.9 Å². The fourth-order valence-corrected chi connectivity index (χ4v) is 5.60. The average Bonchev–Trinajstić information content (AvgIpc) is 2.94. The van der Waals surface area contributed by atoms with E-state index in [4.69, 9.17) is 0 Å². The minimum absolute atomic E-state index is 0.0286. The first-order chi connectivity index (χ1) is 19.8. The second-order valence-corrected chi connectivity index (χ2v) is 13.1. The Hall–Kier alpha value is -3.72. The van der Waals surface area contributed by atoms with Crippen LogP contribution in [0.15, 0.2) is 72.8 Å². The zero-order valence-corrected chi connectivity index (χ0v) is 26.0. The molecule has 1 N–H and O–H groups in total. The Morgan fingerprint density at radius 1 is 0.905 bits per heavy atom. The molecule has 0 aliphatic heterocycles. The highest BCUT2D eigenvalue weighted by molar-refractivity contribution is 7.92. The molecule has 226 valence electrons. The molecule has 0 saturated heterocycles. The quantitative estimate of drug-likeness (QED) is 0.270. The van der Waals surface area contributed by atoms with E-state index in [9.17, 15) is 22.4 Å². The van der Waals surface area contributed by atoms with Gasteiger partial charge in [0.2, 0.25) is 21.8 Å². The number of anilines is 1. The Bertz CT molecular complexity index is 1440. The summed E-state index contributed by atoms with van der Waals surface area (Å²) in [4.78, 5) is 28.9. The van der Waals surface area contributed by atoms with E-state index in [0.29, 0.717) is 24.2 Å². The number of hydrogen-bond acceptors (Lipinski definition) is 4. The van der Waals surface area contributed by atoms with Crippen LogP contribution in [0.3, 0.4) is 0 Å². The molecular weight excluding hydrogens is 553 g/mol. The topological polar surface area (TPSA) is 86.8 Å². The lowest BCUT2D eigenvalue weighted by Gasteiger charge is -2.32. The van der Waals surface area contributed by atoms with Crippen molar-refractivity contribution < 1.29 is 22.4 Å². The summed E-state index contributed by atoms with van der Waals surface area (Å²) in [5, 5.41) is 2.98. The van der Waals surface area contributed by atoms with Gasteiger partial charge >= 0.3 is 0 Å². The molecule has 2 amide bonds. The van der Waals surface area contributed by atoms with Crippen LogP contribution < -0.4 is 9.62 Å². The van der Waals surface area contributed by atoms with Crippen molar-refractivity contribution in [1.82, 2.24) is 10.2 Å². The maximum Gasteiger partial charge on any atom is 0.243 e. The summed E-state index contributed by atoms with van der Waals surface area (Å²) in [7, 11) is -3.60. The molecule has 0 spiro atoms. The standard InChI is InChI=1S/C33H42FN3O4S/c1-24(2)22-35-33(39)31(21-27-10-7-6-8-11-27)36(23-28-14-16-29(34)17-15-28)32(38)12-9-19-37(42(5,40)41)30-18-13-25(3)26(4)20-30/h6-8,10-11,13-18,20,24,31H,9,12,19,21-23H2,1-5H3,(H,35,39)/t31-/m0/s1. The number of rotatable bonds is 14. The second-order valence-electron chi connectivity index (χ2n) is 11.2. The summed E-state index contributed by atoms with van der Waals surface area (Å²) in [5.74, 6) is -0.719. The molecule has 0 aliphatic carbocycles. The lowest BCUT2D eigenvalue weighted by atomic mass is 10.0. The van der Waals surface area contributed by atoms with E-state index in [2.05, 4.69) is 5.32 Å². The smallest absolute Gasteiger partial charge is 0.243 e. The van der Waals surface area contributed by atoms with Gasteiger partial charge in [0.25, 0.3) is 0 Å². The molecule has 0 heterocycles. The van der Waals surface area contributed by atoms with Crippen LogP contribution in [-0.4, -0.2) is 50.5 Å². The van der Waals surface area contributed by atoms with Gasteiger partial charge in [-0.2, -0.15) is 0 Å². The SMILES string of the molecule is Cc1ccc(N(CCCC(=O)N(Cc2ccc(F)cc2)[C@@H](Cc2ccccc2)C(=O)NCC(C)C)S(C)(=O)=O)cc1C. The van der Waals surface area contributed by atoms with Crippen molar-refractivity contribution in [3.05, 3.63) is 101 Å². The summed E-state index contributed by atoms with van der Waals surface area (Å²) in [6, 6.07) is 20.0. The van der Waals surface area contributed by atoms with Crippen LogP contribution in [0.25, 0.3) is 0 Å². The number of aryl methyl sites for hydroxylation is 2. The van der Waals surface area contributed by atoms with E-state index in [1.165, 1.54) is 21.3 Å². The van der Waals surface area contributed by atoms with E-state index >= 15 is 0 Å². The molecule has 0 aromatic heterocycles. The van der Waals surface area contributed by atoms with Gasteiger partial charge in [-0.05, 0) is 72.7 Å². The van der Waals surface area contributed by atoms with E-state index < -0.39 is 16.1 Å². The van der Waals surface area contributed by atoms with Crippen molar-refractivity contribution in [2.45, 2.75) is 59.5 Å². The Morgan fingerprint density at radius 2 is 1.57 bits per heavy atom. The maximum atomic E-state index is 13.9. The van der Waals surface area contributed by atoms with E-state index in [-0.39, 0.29) is 49.5 Å². The van der Waals surface area contributed by atoms with E-state index in [1.807, 2.05) is 70.2 Å². The van der Waals surface area contributed by atoms with Gasteiger partial charge in [-0.1, -0.05) is 62.4 Å². The minimum Gasteiger partial charge on any atom is -0.354 e. The Morgan fingerprint density at radius 3 is 2.17 bits per heavy atom. The summed E-state index contributed by atoms with van der Waals surface area (Å²) < 4.78 is 40.3. The number of amides is 2. The predicted molar refractivity (Wildman–Crippen MR) is 166 cm³/mol. The van der Waals surface area contributed by atoms with E-state index in [0.717, 1.165) is 22.9 Å². The molecule has 42 heavy (non-hydrogen) atoms. The second kappa shape index (κ2) is 15.0. The van der Waals surface area contributed by atoms with Crippen LogP contribution in [0, 0.1) is 25.6 Å². The molecule has 9 heteroatoms. The molecule has 3 aromatic carbocycles. The van der Waals surface area contributed by atoms with Crippen LogP contribution in [-0.2, 0) is 32.6 Å². The summed E-state index contributed by atoms with van der Waals surface area (Å²) in [6.07, 6.45) is 1.74. The van der Waals surface area contributed by atoms with Crippen molar-refractivity contribution in [2.75, 3.05) is 23.7 Å². The van der Waals surface area contributed by atoms with Gasteiger partial charge in [-0.15, -0.1) is 0 Å². The summed E-state index contributed by atoms with van der Waals surface area (Å²) >= 11 is 0. The van der Waals surface area contributed by atoms with Crippen LogP contribution in [0.1, 0.15) is 48.9 Å². The van der Waals surface area contributed by atoms with Crippen molar-refractivity contribution in [3.63, 3.8) is 0 Å². The number of sulfonamides is 1. The van der Waals surface area contributed by atoms with Gasteiger partial charge in [0, 0.05) is 32.5 Å². The van der Waals surface area contributed by atoms with E-state index in [1.54, 1.807) is 18.2 Å². The van der Waals surface area contributed by atoms with Gasteiger partial charge in [-0.3, -0.25) is 13.9 Å². The van der Waals surface area contributed by atoms with Crippen molar-refractivity contribution in [1.29, 1.82) is 0 Å². The summed E-state index contributed by atoms with van der Waals surface area (Å²) in [5.41, 5.74) is 4.16. The monoisotopic (exact) mass is 595 g/mol. The van der Waals surface area contributed by atoms with Crippen LogP contribution in [0.4, 0.5) is 10.1 Å². The fraction of sp³-hybridized carbons (Fsp3) is 0.394. The maximum absolute atomic E-state index is 13.9. The minimum atomic E-state index is -3.60. The normalized spacial score (nSPS) is 12.2. The third-order valence-electron chi connectivity index (χ3n) is 7.15. The lowest BCUT2D eigenvalue weighted by molar-refractivity contribution is -0.141. The van der Waals surface area contributed by atoms with Crippen LogP contribution >= 0.6 is 0 Å². The lowest BCUT2D eigenvalue weighted by Crippen LogP contribution is -2.51. The first kappa shape index (κ1) is 32.8. The number of carbonyl (C=O) groups excluding carboxylic acids is 2. The third kappa shape index (κ3) is 9.69. The number of benzene rings is 3. The number of nitrogens with one attached hydrogen (secondary N) is 1. The highest BCUT2D eigenvalue weighted by Gasteiger charge is 2.30. The summed E-state index contributed by atoms with van der Waals surface area (Å²) in [6.45, 7) is 8.56. The van der Waals surface area contributed by atoms with Gasteiger partial charge < -0.3 is 10.2 Å². The van der Waals surface area contributed by atoms with Crippen LogP contribution in [0.5, 0.6) is 0 Å². The first-order valence-corrected chi connectivity index (χ1v) is 16.1. The highest BCUT2D eigenvalue weighted by atomic mass is 32.2. The van der Waals surface area contributed by atoms with Gasteiger partial charge in [0.15, 0.2) is 0 Å². The largest absolute Gasteiger partial charge is 0.354 e. The zero-order valence-electron chi connectivity index (χ0n) is 25.1. The Labute approximate surface area is 249 Å². The molecule has 0 unspecified atom stereocenters. The predicted octanol–water partition coefficient (Wildman–Crippen LogP) is 5.40. The molecular formula is C33H42FN3O4S.